The third-order valence-corrected chi connectivity index (χ3v) is 2.21. The van der Waals surface area contributed by atoms with Crippen molar-refractivity contribution in [2.45, 2.75) is 13.0 Å². The summed E-state index contributed by atoms with van der Waals surface area (Å²) in [5, 5.41) is 17.6. The van der Waals surface area contributed by atoms with Gasteiger partial charge in [-0.3, -0.25) is 0 Å². The van der Waals surface area contributed by atoms with E-state index in [1.807, 2.05) is 0 Å². The molecule has 94 valence electrons. The number of rotatable bonds is 7. The van der Waals surface area contributed by atoms with Gasteiger partial charge in [-0.1, -0.05) is 6.07 Å². The number of aliphatic hydroxyl groups excluding tert-OH is 1. The van der Waals surface area contributed by atoms with E-state index < -0.39 is 5.97 Å². The number of aliphatic hydroxyl groups is 1. The van der Waals surface area contributed by atoms with Gasteiger partial charge in [0.05, 0.1) is 13.7 Å². The third kappa shape index (κ3) is 4.05. The molecule has 0 aliphatic heterocycles. The van der Waals surface area contributed by atoms with Gasteiger partial charge in [0.15, 0.2) is 0 Å². The second-order valence-electron chi connectivity index (χ2n) is 3.47. The van der Waals surface area contributed by atoms with E-state index in [4.69, 9.17) is 19.7 Å². The van der Waals surface area contributed by atoms with Crippen LogP contribution in [0.3, 0.4) is 0 Å². The van der Waals surface area contributed by atoms with Crippen LogP contribution < -0.4 is 4.74 Å². The highest BCUT2D eigenvalue weighted by molar-refractivity contribution is 5.91. The molecule has 0 amide bonds. The molecule has 0 aromatic heterocycles. The number of carboxylic acid groups (broad SMARTS) is 1. The Bertz CT molecular complexity index is 375. The molecule has 2 N–H and O–H groups in total. The smallest absolute Gasteiger partial charge is 0.339 e. The summed E-state index contributed by atoms with van der Waals surface area (Å²) in [6.07, 6.45) is 0.571. The maximum atomic E-state index is 11.0. The topological polar surface area (TPSA) is 76.0 Å². The highest BCUT2D eigenvalue weighted by Gasteiger charge is 2.11. The first-order valence-corrected chi connectivity index (χ1v) is 5.28. The first-order valence-electron chi connectivity index (χ1n) is 5.28. The van der Waals surface area contributed by atoms with Crippen LogP contribution in [-0.4, -0.2) is 36.5 Å². The zero-order chi connectivity index (χ0) is 12.7. The lowest BCUT2D eigenvalue weighted by Crippen LogP contribution is -2.03. The van der Waals surface area contributed by atoms with E-state index in [9.17, 15) is 4.79 Å². The maximum Gasteiger partial charge on any atom is 0.339 e. The lowest BCUT2D eigenvalue weighted by atomic mass is 10.1. The van der Waals surface area contributed by atoms with Gasteiger partial charge in [0, 0.05) is 13.2 Å². The zero-order valence-corrected chi connectivity index (χ0v) is 9.68. The molecule has 0 atom stereocenters. The molecular formula is C12H16O5. The molecule has 0 heterocycles. The standard InChI is InChI=1S/C12H16O5/c1-16-11-4-3-9(7-10(11)12(14)15)8-17-6-2-5-13/h3-4,7,13H,2,5-6,8H2,1H3,(H,14,15). The summed E-state index contributed by atoms with van der Waals surface area (Å²) in [6.45, 7) is 0.859. The molecule has 0 fully saturated rings. The van der Waals surface area contributed by atoms with Crippen molar-refractivity contribution in [3.8, 4) is 5.75 Å². The van der Waals surface area contributed by atoms with Gasteiger partial charge in [-0.05, 0) is 24.1 Å². The highest BCUT2D eigenvalue weighted by Crippen LogP contribution is 2.20. The minimum atomic E-state index is -1.03. The van der Waals surface area contributed by atoms with Gasteiger partial charge in [0.1, 0.15) is 11.3 Å². The molecule has 0 saturated heterocycles. The number of benzene rings is 1. The summed E-state index contributed by atoms with van der Waals surface area (Å²) in [7, 11) is 1.43. The van der Waals surface area contributed by atoms with Crippen LogP contribution in [0, 0.1) is 0 Å². The lowest BCUT2D eigenvalue weighted by molar-refractivity contribution is 0.0692. The van der Waals surface area contributed by atoms with Crippen LogP contribution in [0.15, 0.2) is 18.2 Å². The molecule has 0 radical (unpaired) electrons. The molecular weight excluding hydrogens is 224 g/mol. The summed E-state index contributed by atoms with van der Waals surface area (Å²) in [6, 6.07) is 4.89. The van der Waals surface area contributed by atoms with Crippen molar-refractivity contribution in [1.29, 1.82) is 0 Å². The number of hydrogen-bond donors (Lipinski definition) is 2. The van der Waals surface area contributed by atoms with Crippen LogP contribution in [0.25, 0.3) is 0 Å². The van der Waals surface area contributed by atoms with Crippen molar-refractivity contribution >= 4 is 5.97 Å². The van der Waals surface area contributed by atoms with Crippen LogP contribution in [-0.2, 0) is 11.3 Å². The molecule has 0 aliphatic rings. The van der Waals surface area contributed by atoms with E-state index in [0.717, 1.165) is 5.56 Å². The van der Waals surface area contributed by atoms with Crippen molar-refractivity contribution in [3.05, 3.63) is 29.3 Å². The zero-order valence-electron chi connectivity index (χ0n) is 9.68. The average molecular weight is 240 g/mol. The number of carbonyl (C=O) groups is 1. The first-order chi connectivity index (χ1) is 8.19. The van der Waals surface area contributed by atoms with Crippen LogP contribution in [0.4, 0.5) is 0 Å². The SMILES string of the molecule is COc1ccc(COCCCO)cc1C(=O)O. The third-order valence-electron chi connectivity index (χ3n) is 2.21. The molecule has 0 bridgehead atoms. The van der Waals surface area contributed by atoms with Gasteiger partial charge in [0.2, 0.25) is 0 Å². The summed E-state index contributed by atoms with van der Waals surface area (Å²) in [4.78, 5) is 11.0. The molecule has 0 aliphatic carbocycles. The van der Waals surface area contributed by atoms with Gasteiger partial charge in [-0.15, -0.1) is 0 Å². The fraction of sp³-hybridized carbons (Fsp3) is 0.417. The van der Waals surface area contributed by atoms with Gasteiger partial charge >= 0.3 is 5.97 Å². The van der Waals surface area contributed by atoms with E-state index in [1.165, 1.54) is 13.2 Å². The van der Waals surface area contributed by atoms with Gasteiger partial charge in [-0.2, -0.15) is 0 Å². The molecule has 5 nitrogen and oxygen atoms in total. The van der Waals surface area contributed by atoms with Crippen LogP contribution >= 0.6 is 0 Å². The van der Waals surface area contributed by atoms with Gasteiger partial charge in [-0.25, -0.2) is 4.79 Å². The Labute approximate surface area is 99.6 Å². The number of carboxylic acids is 1. The van der Waals surface area contributed by atoms with E-state index >= 15 is 0 Å². The Morgan fingerprint density at radius 2 is 2.18 bits per heavy atom. The summed E-state index contributed by atoms with van der Waals surface area (Å²) in [5.74, 6) is -0.698. The minimum absolute atomic E-state index is 0.0863. The largest absolute Gasteiger partial charge is 0.496 e. The predicted octanol–water partition coefficient (Wildman–Crippen LogP) is 1.29. The maximum absolute atomic E-state index is 11.0. The number of ether oxygens (including phenoxy) is 2. The summed E-state index contributed by atoms with van der Waals surface area (Å²) < 4.78 is 10.2. The molecule has 17 heavy (non-hydrogen) atoms. The predicted molar refractivity (Wildman–Crippen MR) is 61.3 cm³/mol. The number of hydrogen-bond acceptors (Lipinski definition) is 4. The minimum Gasteiger partial charge on any atom is -0.496 e. The quantitative estimate of drug-likeness (QED) is 0.702. The van der Waals surface area contributed by atoms with E-state index in [-0.39, 0.29) is 12.2 Å². The van der Waals surface area contributed by atoms with Crippen molar-refractivity contribution in [2.75, 3.05) is 20.3 Å². The fourth-order valence-electron chi connectivity index (χ4n) is 1.37. The van der Waals surface area contributed by atoms with E-state index in [0.29, 0.717) is 25.4 Å². The molecule has 1 aromatic rings. The number of methoxy groups -OCH3 is 1. The van der Waals surface area contributed by atoms with Crippen LogP contribution in [0.1, 0.15) is 22.3 Å². The Morgan fingerprint density at radius 3 is 2.76 bits per heavy atom. The van der Waals surface area contributed by atoms with Crippen molar-refractivity contribution < 1.29 is 24.5 Å². The fourth-order valence-corrected chi connectivity index (χ4v) is 1.37. The Balaban J connectivity index is 2.68. The van der Waals surface area contributed by atoms with Crippen LogP contribution in [0.2, 0.25) is 0 Å². The monoisotopic (exact) mass is 240 g/mol. The normalized spacial score (nSPS) is 10.2. The van der Waals surface area contributed by atoms with Crippen LogP contribution in [0.5, 0.6) is 5.75 Å². The highest BCUT2D eigenvalue weighted by atomic mass is 16.5. The Morgan fingerprint density at radius 1 is 1.41 bits per heavy atom. The second kappa shape index (κ2) is 6.88. The Kier molecular flexibility index (Phi) is 5.45. The molecule has 1 rings (SSSR count). The second-order valence-corrected chi connectivity index (χ2v) is 3.47. The van der Waals surface area contributed by atoms with E-state index in [1.54, 1.807) is 12.1 Å². The molecule has 0 unspecified atom stereocenters. The first kappa shape index (κ1) is 13.5. The lowest BCUT2D eigenvalue weighted by Gasteiger charge is -2.08. The average Bonchev–Trinajstić information content (AvgIpc) is 2.34. The van der Waals surface area contributed by atoms with E-state index in [2.05, 4.69) is 0 Å². The summed E-state index contributed by atoms with van der Waals surface area (Å²) in [5.41, 5.74) is 0.886. The van der Waals surface area contributed by atoms with Crippen molar-refractivity contribution in [3.63, 3.8) is 0 Å². The number of aromatic carboxylic acids is 1. The molecule has 0 saturated carbocycles. The molecule has 0 spiro atoms. The van der Waals surface area contributed by atoms with Gasteiger partial charge in [0.25, 0.3) is 0 Å². The Hall–Kier alpha value is -1.59. The molecule has 1 aromatic carbocycles. The van der Waals surface area contributed by atoms with Gasteiger partial charge < -0.3 is 19.7 Å². The van der Waals surface area contributed by atoms with Crippen molar-refractivity contribution in [1.82, 2.24) is 0 Å². The summed E-state index contributed by atoms with van der Waals surface area (Å²) >= 11 is 0. The molecule has 5 heteroatoms. The van der Waals surface area contributed by atoms with Crippen molar-refractivity contribution in [2.24, 2.45) is 0 Å².